The van der Waals surface area contributed by atoms with Crippen LogP contribution in [0.15, 0.2) is 34.5 Å². The predicted octanol–water partition coefficient (Wildman–Crippen LogP) is 3.49. The smallest absolute Gasteiger partial charge is 0.264 e. The summed E-state index contributed by atoms with van der Waals surface area (Å²) in [5.41, 5.74) is -1.05. The molecule has 1 aromatic carbocycles. The van der Waals surface area contributed by atoms with Crippen molar-refractivity contribution >= 4 is 43.4 Å². The van der Waals surface area contributed by atoms with Gasteiger partial charge in [-0.3, -0.25) is 4.55 Å². The lowest BCUT2D eigenvalue weighted by molar-refractivity contribution is -0.157. The Bertz CT molecular complexity index is 1100. The van der Waals surface area contributed by atoms with Gasteiger partial charge in [-0.15, -0.1) is 11.3 Å². The molecule has 2 atom stereocenters. The number of nitrogens with one attached hydrogen (secondary N) is 1. The molecule has 16 heteroatoms. The highest BCUT2D eigenvalue weighted by Gasteiger charge is 2.48. The summed E-state index contributed by atoms with van der Waals surface area (Å²) in [6.07, 6.45) is -5.32. The standard InChI is InChI=1S/C14H11ClF5NO6S3/c15-11-1-2-12(28-11)29(22,23)21-10(6-27-30(24,25)26)13(14(18,19)20)7-3-8(16)5-9(17)4-7/h1-5,10,13,21H,6H2,(H,24,25,26)/t10-,13-/m1/s1. The van der Waals surface area contributed by atoms with E-state index in [9.17, 15) is 38.8 Å². The molecule has 2 rings (SSSR count). The van der Waals surface area contributed by atoms with Crippen LogP contribution in [0, 0.1) is 11.6 Å². The lowest BCUT2D eigenvalue weighted by atomic mass is 9.91. The number of hydrogen-bond acceptors (Lipinski definition) is 6. The Labute approximate surface area is 176 Å². The zero-order valence-electron chi connectivity index (χ0n) is 14.2. The Morgan fingerprint density at radius 1 is 1.10 bits per heavy atom. The Hall–Kier alpha value is -1.36. The van der Waals surface area contributed by atoms with E-state index in [-0.39, 0.29) is 4.34 Å². The minimum absolute atomic E-state index is 0.0133. The van der Waals surface area contributed by atoms with Gasteiger partial charge in [0, 0.05) is 6.07 Å². The van der Waals surface area contributed by atoms with Crippen molar-refractivity contribution in [1.82, 2.24) is 4.72 Å². The van der Waals surface area contributed by atoms with Crippen LogP contribution in [0.3, 0.4) is 0 Å². The van der Waals surface area contributed by atoms with Crippen molar-refractivity contribution in [3.05, 3.63) is 51.9 Å². The van der Waals surface area contributed by atoms with Crippen LogP contribution in [0.5, 0.6) is 0 Å². The van der Waals surface area contributed by atoms with E-state index in [1.807, 2.05) is 0 Å². The van der Waals surface area contributed by atoms with E-state index in [0.717, 1.165) is 12.1 Å². The van der Waals surface area contributed by atoms with Gasteiger partial charge in [-0.2, -0.15) is 21.6 Å². The van der Waals surface area contributed by atoms with Crippen molar-refractivity contribution in [2.24, 2.45) is 0 Å². The Morgan fingerprint density at radius 3 is 2.10 bits per heavy atom. The summed E-state index contributed by atoms with van der Waals surface area (Å²) in [6, 6.07) is 0.571. The van der Waals surface area contributed by atoms with E-state index in [1.54, 1.807) is 4.72 Å². The Kier molecular flexibility index (Phi) is 7.49. The zero-order chi connectivity index (χ0) is 22.9. The molecule has 0 spiro atoms. The van der Waals surface area contributed by atoms with E-state index in [0.29, 0.717) is 29.5 Å². The van der Waals surface area contributed by atoms with Crippen molar-refractivity contribution < 1.29 is 47.5 Å². The normalized spacial score (nSPS) is 15.2. The third-order valence-corrected chi connectivity index (χ3v) is 7.16. The largest absolute Gasteiger partial charge is 0.397 e. The molecule has 30 heavy (non-hydrogen) atoms. The monoisotopic (exact) mass is 515 g/mol. The fourth-order valence-electron chi connectivity index (χ4n) is 2.46. The van der Waals surface area contributed by atoms with Gasteiger partial charge in [0.2, 0.25) is 10.0 Å². The highest BCUT2D eigenvalue weighted by Crippen LogP contribution is 2.39. The summed E-state index contributed by atoms with van der Waals surface area (Å²) < 4.78 is 128. The molecule has 2 aromatic rings. The zero-order valence-corrected chi connectivity index (χ0v) is 17.4. The average molecular weight is 516 g/mol. The van der Waals surface area contributed by atoms with E-state index in [4.69, 9.17) is 16.2 Å². The molecule has 0 radical (unpaired) electrons. The van der Waals surface area contributed by atoms with E-state index >= 15 is 0 Å². The lowest BCUT2D eigenvalue weighted by Gasteiger charge is -2.29. The van der Waals surface area contributed by atoms with E-state index < -0.39 is 66.6 Å². The molecule has 7 nitrogen and oxygen atoms in total. The van der Waals surface area contributed by atoms with Gasteiger partial charge in [-0.1, -0.05) is 11.6 Å². The molecule has 2 N–H and O–H groups in total. The molecule has 0 unspecified atom stereocenters. The number of thiophene rings is 1. The second-order valence-corrected chi connectivity index (χ2v) is 10.5. The quantitative estimate of drug-likeness (QED) is 0.411. The number of halogens is 6. The average Bonchev–Trinajstić information content (AvgIpc) is 2.97. The number of sulfonamides is 1. The summed E-state index contributed by atoms with van der Waals surface area (Å²) in [5, 5.41) is 0. The topological polar surface area (TPSA) is 110 Å². The third-order valence-electron chi connectivity index (χ3n) is 3.52. The SMILES string of the molecule is O=S(=O)(O)OC[C@@H](NS(=O)(=O)c1ccc(Cl)s1)[C@@H](c1cc(F)cc(F)c1)C(F)(F)F. The van der Waals surface area contributed by atoms with Gasteiger partial charge < -0.3 is 0 Å². The van der Waals surface area contributed by atoms with Crippen molar-refractivity contribution in [1.29, 1.82) is 0 Å². The van der Waals surface area contributed by atoms with Gasteiger partial charge in [0.05, 0.1) is 22.9 Å². The Morgan fingerprint density at radius 2 is 1.67 bits per heavy atom. The van der Waals surface area contributed by atoms with Crippen LogP contribution < -0.4 is 4.72 Å². The number of hydrogen-bond donors (Lipinski definition) is 2. The summed E-state index contributed by atoms with van der Waals surface area (Å²) in [6.45, 7) is -1.54. The van der Waals surface area contributed by atoms with Gasteiger partial charge in [0.15, 0.2) is 0 Å². The minimum atomic E-state index is -5.32. The fourth-order valence-corrected chi connectivity index (χ4v) is 5.51. The molecule has 0 amide bonds. The first-order valence-electron chi connectivity index (χ1n) is 7.51. The predicted molar refractivity (Wildman–Crippen MR) is 96.1 cm³/mol. The van der Waals surface area contributed by atoms with Crippen LogP contribution in [-0.4, -0.2) is 40.2 Å². The van der Waals surface area contributed by atoms with Crippen LogP contribution in [0.1, 0.15) is 11.5 Å². The first-order chi connectivity index (χ1) is 13.6. The molecule has 168 valence electrons. The molecule has 0 aliphatic carbocycles. The minimum Gasteiger partial charge on any atom is -0.264 e. The van der Waals surface area contributed by atoms with Crippen LogP contribution in [-0.2, 0) is 24.6 Å². The number of rotatable bonds is 8. The molecule has 1 heterocycles. The Balaban J connectivity index is 2.55. The van der Waals surface area contributed by atoms with Gasteiger partial charge in [-0.25, -0.2) is 26.1 Å². The van der Waals surface area contributed by atoms with Crippen molar-refractivity contribution in [3.8, 4) is 0 Å². The fraction of sp³-hybridized carbons (Fsp3) is 0.286. The summed E-state index contributed by atoms with van der Waals surface area (Å²) >= 11 is 6.10. The van der Waals surface area contributed by atoms with Crippen LogP contribution >= 0.6 is 22.9 Å². The molecular weight excluding hydrogens is 505 g/mol. The number of benzene rings is 1. The van der Waals surface area contributed by atoms with Crippen molar-refractivity contribution in [2.45, 2.75) is 22.3 Å². The van der Waals surface area contributed by atoms with E-state index in [2.05, 4.69) is 4.18 Å². The summed E-state index contributed by atoms with van der Waals surface area (Å²) in [7, 11) is -9.98. The van der Waals surface area contributed by atoms with Crippen LogP contribution in [0.4, 0.5) is 22.0 Å². The molecule has 0 fully saturated rings. The third kappa shape index (κ3) is 6.83. The first kappa shape index (κ1) is 24.9. The highest BCUT2D eigenvalue weighted by molar-refractivity contribution is 7.91. The van der Waals surface area contributed by atoms with E-state index in [1.165, 1.54) is 0 Å². The first-order valence-corrected chi connectivity index (χ1v) is 11.5. The second kappa shape index (κ2) is 9.02. The van der Waals surface area contributed by atoms with Crippen LogP contribution in [0.2, 0.25) is 4.34 Å². The van der Waals surface area contributed by atoms with Crippen molar-refractivity contribution in [2.75, 3.05) is 6.61 Å². The second-order valence-electron chi connectivity index (χ2n) is 5.72. The van der Waals surface area contributed by atoms with Gasteiger partial charge in [0.25, 0.3) is 0 Å². The van der Waals surface area contributed by atoms with Gasteiger partial charge in [-0.05, 0) is 29.8 Å². The maximum atomic E-state index is 13.8. The van der Waals surface area contributed by atoms with Crippen molar-refractivity contribution in [3.63, 3.8) is 0 Å². The molecule has 0 bridgehead atoms. The summed E-state index contributed by atoms with van der Waals surface area (Å²) in [4.78, 5) is 0. The molecule has 0 saturated heterocycles. The molecule has 0 aliphatic rings. The molecular formula is C14H11ClF5NO6S3. The van der Waals surface area contributed by atoms with Crippen LogP contribution in [0.25, 0.3) is 0 Å². The number of alkyl halides is 3. The molecule has 1 aromatic heterocycles. The molecule has 0 aliphatic heterocycles. The maximum absolute atomic E-state index is 13.8. The summed E-state index contributed by atoms with van der Waals surface area (Å²) in [5.74, 6) is -5.72. The highest BCUT2D eigenvalue weighted by atomic mass is 35.5. The van der Waals surface area contributed by atoms with Gasteiger partial charge in [0.1, 0.15) is 15.8 Å². The molecule has 0 saturated carbocycles. The maximum Gasteiger partial charge on any atom is 0.397 e. The lowest BCUT2D eigenvalue weighted by Crippen LogP contribution is -2.47. The van der Waals surface area contributed by atoms with Gasteiger partial charge >= 0.3 is 16.6 Å².